The van der Waals surface area contributed by atoms with E-state index in [0.29, 0.717) is 12.5 Å². The first kappa shape index (κ1) is 11.2. The van der Waals surface area contributed by atoms with Crippen LogP contribution in [0.25, 0.3) is 0 Å². The fourth-order valence-electron chi connectivity index (χ4n) is 0.682. The Labute approximate surface area is 73.8 Å². The molecule has 0 saturated carbocycles. The summed E-state index contributed by atoms with van der Waals surface area (Å²) in [6.45, 7) is 5.46. The fourth-order valence-corrected chi connectivity index (χ4v) is 0.860. The Kier molecular flexibility index (Phi) is 8.47. The summed E-state index contributed by atoms with van der Waals surface area (Å²) in [6.07, 6.45) is 2.00. The molecule has 11 heavy (non-hydrogen) atoms. The van der Waals surface area contributed by atoms with E-state index in [0.717, 1.165) is 19.4 Å². The Morgan fingerprint density at radius 2 is 2.00 bits per heavy atom. The maximum Gasteiger partial charge on any atom is 0.170 e. The van der Waals surface area contributed by atoms with Gasteiger partial charge in [0, 0.05) is 13.2 Å². The number of hydrogen-bond acceptors (Lipinski definition) is 2. The van der Waals surface area contributed by atoms with Crippen molar-refractivity contribution in [3.05, 3.63) is 0 Å². The molecular formula is C8H17ClO2. The zero-order valence-corrected chi connectivity index (χ0v) is 8.06. The Morgan fingerprint density at radius 1 is 1.27 bits per heavy atom. The average Bonchev–Trinajstić information content (AvgIpc) is 2.03. The SMILES string of the molecule is CCCCOC(CCl)OCC. The summed E-state index contributed by atoms with van der Waals surface area (Å²) >= 11 is 5.58. The zero-order valence-electron chi connectivity index (χ0n) is 7.31. The summed E-state index contributed by atoms with van der Waals surface area (Å²) in [5.41, 5.74) is 0. The maximum absolute atomic E-state index is 5.58. The minimum absolute atomic E-state index is 0.215. The van der Waals surface area contributed by atoms with Crippen molar-refractivity contribution in [2.24, 2.45) is 0 Å². The van der Waals surface area contributed by atoms with Gasteiger partial charge in [-0.3, -0.25) is 0 Å². The van der Waals surface area contributed by atoms with E-state index in [-0.39, 0.29) is 6.29 Å². The van der Waals surface area contributed by atoms with E-state index in [1.807, 2.05) is 6.92 Å². The number of ether oxygens (including phenoxy) is 2. The smallest absolute Gasteiger partial charge is 0.170 e. The third-order valence-corrected chi connectivity index (χ3v) is 1.53. The number of alkyl halides is 1. The first-order valence-electron chi connectivity index (χ1n) is 4.14. The highest BCUT2D eigenvalue weighted by Crippen LogP contribution is 1.99. The van der Waals surface area contributed by atoms with Gasteiger partial charge in [0.25, 0.3) is 0 Å². The molecular weight excluding hydrogens is 164 g/mol. The van der Waals surface area contributed by atoms with Gasteiger partial charge in [-0.05, 0) is 13.3 Å². The highest BCUT2D eigenvalue weighted by Gasteiger charge is 2.04. The van der Waals surface area contributed by atoms with Gasteiger partial charge in [0.15, 0.2) is 6.29 Å². The molecule has 0 aliphatic heterocycles. The number of hydrogen-bond donors (Lipinski definition) is 0. The summed E-state index contributed by atoms with van der Waals surface area (Å²) in [5.74, 6) is 0.414. The topological polar surface area (TPSA) is 18.5 Å². The second-order valence-corrected chi connectivity index (χ2v) is 2.57. The van der Waals surface area contributed by atoms with E-state index in [1.54, 1.807) is 0 Å². The van der Waals surface area contributed by atoms with Gasteiger partial charge in [-0.15, -0.1) is 11.6 Å². The van der Waals surface area contributed by atoms with Gasteiger partial charge < -0.3 is 9.47 Å². The molecule has 0 amide bonds. The summed E-state index contributed by atoms with van der Waals surface area (Å²) in [7, 11) is 0. The largest absolute Gasteiger partial charge is 0.352 e. The molecule has 0 aromatic carbocycles. The summed E-state index contributed by atoms with van der Waals surface area (Å²) in [6, 6.07) is 0. The number of halogens is 1. The van der Waals surface area contributed by atoms with Crippen LogP contribution in [0.15, 0.2) is 0 Å². The predicted octanol–water partition coefficient (Wildman–Crippen LogP) is 2.40. The molecule has 0 aliphatic carbocycles. The molecule has 1 unspecified atom stereocenters. The first-order valence-corrected chi connectivity index (χ1v) is 4.67. The van der Waals surface area contributed by atoms with E-state index in [9.17, 15) is 0 Å². The highest BCUT2D eigenvalue weighted by atomic mass is 35.5. The van der Waals surface area contributed by atoms with Crippen molar-refractivity contribution in [2.45, 2.75) is 33.0 Å². The first-order chi connectivity index (χ1) is 5.35. The Balaban J connectivity index is 3.20. The molecule has 0 saturated heterocycles. The van der Waals surface area contributed by atoms with Crippen LogP contribution in [-0.4, -0.2) is 25.4 Å². The van der Waals surface area contributed by atoms with Gasteiger partial charge in [0.2, 0.25) is 0 Å². The van der Waals surface area contributed by atoms with Gasteiger partial charge in [0.1, 0.15) is 0 Å². The van der Waals surface area contributed by atoms with Gasteiger partial charge in [-0.1, -0.05) is 13.3 Å². The lowest BCUT2D eigenvalue weighted by Gasteiger charge is -2.14. The van der Waals surface area contributed by atoms with Crippen molar-refractivity contribution in [3.63, 3.8) is 0 Å². The van der Waals surface area contributed by atoms with Crippen molar-refractivity contribution < 1.29 is 9.47 Å². The molecule has 0 radical (unpaired) electrons. The maximum atomic E-state index is 5.58. The molecule has 0 heterocycles. The summed E-state index contributed by atoms with van der Waals surface area (Å²) in [4.78, 5) is 0. The molecule has 68 valence electrons. The van der Waals surface area contributed by atoms with Crippen LogP contribution in [0.2, 0.25) is 0 Å². The quantitative estimate of drug-likeness (QED) is 0.340. The second kappa shape index (κ2) is 8.31. The van der Waals surface area contributed by atoms with E-state index in [4.69, 9.17) is 21.1 Å². The summed E-state index contributed by atoms with van der Waals surface area (Å²) < 4.78 is 10.5. The minimum Gasteiger partial charge on any atom is -0.352 e. The molecule has 0 rings (SSSR count). The van der Waals surface area contributed by atoms with E-state index in [2.05, 4.69) is 6.92 Å². The molecule has 0 aromatic heterocycles. The van der Waals surface area contributed by atoms with Crippen LogP contribution in [0.4, 0.5) is 0 Å². The molecule has 0 bridgehead atoms. The highest BCUT2D eigenvalue weighted by molar-refractivity contribution is 6.18. The number of unbranched alkanes of at least 4 members (excludes halogenated alkanes) is 1. The van der Waals surface area contributed by atoms with E-state index in [1.165, 1.54) is 0 Å². The van der Waals surface area contributed by atoms with Crippen molar-refractivity contribution in [1.82, 2.24) is 0 Å². The van der Waals surface area contributed by atoms with Crippen LogP contribution >= 0.6 is 11.6 Å². The van der Waals surface area contributed by atoms with Crippen LogP contribution < -0.4 is 0 Å². The van der Waals surface area contributed by atoms with E-state index >= 15 is 0 Å². The van der Waals surface area contributed by atoms with Crippen LogP contribution in [0, 0.1) is 0 Å². The summed E-state index contributed by atoms with van der Waals surface area (Å²) in [5, 5.41) is 0. The van der Waals surface area contributed by atoms with Gasteiger partial charge >= 0.3 is 0 Å². The predicted molar refractivity (Wildman–Crippen MR) is 47.0 cm³/mol. The fraction of sp³-hybridized carbons (Fsp3) is 1.00. The molecule has 0 N–H and O–H groups in total. The standard InChI is InChI=1S/C8H17ClO2/c1-3-5-6-11-8(7-9)10-4-2/h8H,3-7H2,1-2H3. The van der Waals surface area contributed by atoms with Crippen LogP contribution in [0.3, 0.4) is 0 Å². The molecule has 1 atom stereocenters. The Hall–Kier alpha value is 0.210. The molecule has 0 fully saturated rings. The molecule has 2 nitrogen and oxygen atoms in total. The van der Waals surface area contributed by atoms with Crippen LogP contribution in [0.1, 0.15) is 26.7 Å². The average molecular weight is 181 g/mol. The molecule has 0 aliphatic rings. The normalized spacial score (nSPS) is 13.4. The third kappa shape index (κ3) is 6.60. The van der Waals surface area contributed by atoms with Crippen molar-refractivity contribution in [2.75, 3.05) is 19.1 Å². The second-order valence-electron chi connectivity index (χ2n) is 2.26. The van der Waals surface area contributed by atoms with Gasteiger partial charge in [-0.2, -0.15) is 0 Å². The van der Waals surface area contributed by atoms with Gasteiger partial charge in [0.05, 0.1) is 5.88 Å². The Morgan fingerprint density at radius 3 is 2.45 bits per heavy atom. The van der Waals surface area contributed by atoms with E-state index < -0.39 is 0 Å². The van der Waals surface area contributed by atoms with Crippen molar-refractivity contribution >= 4 is 11.6 Å². The van der Waals surface area contributed by atoms with Crippen molar-refractivity contribution in [3.8, 4) is 0 Å². The minimum atomic E-state index is -0.215. The van der Waals surface area contributed by atoms with Crippen LogP contribution in [0.5, 0.6) is 0 Å². The lowest BCUT2D eigenvalue weighted by atomic mass is 10.4. The van der Waals surface area contributed by atoms with Crippen LogP contribution in [-0.2, 0) is 9.47 Å². The Bertz CT molecular complexity index is 78.5. The molecule has 3 heteroatoms. The number of rotatable bonds is 7. The van der Waals surface area contributed by atoms with Crippen molar-refractivity contribution in [1.29, 1.82) is 0 Å². The lowest BCUT2D eigenvalue weighted by Crippen LogP contribution is -2.19. The zero-order chi connectivity index (χ0) is 8.53. The van der Waals surface area contributed by atoms with Gasteiger partial charge in [-0.25, -0.2) is 0 Å². The lowest BCUT2D eigenvalue weighted by molar-refractivity contribution is -0.125. The molecule has 0 aromatic rings. The third-order valence-electron chi connectivity index (χ3n) is 1.28. The monoisotopic (exact) mass is 180 g/mol. The molecule has 0 spiro atoms.